The van der Waals surface area contributed by atoms with Crippen LogP contribution in [0.1, 0.15) is 5.56 Å². The molecule has 0 amide bonds. The van der Waals surface area contributed by atoms with Crippen LogP contribution in [0.15, 0.2) is 64.0 Å². The van der Waals surface area contributed by atoms with Crippen molar-refractivity contribution in [3.63, 3.8) is 0 Å². The Balaban J connectivity index is 1.97. The van der Waals surface area contributed by atoms with E-state index in [4.69, 9.17) is 0 Å². The van der Waals surface area contributed by atoms with Gasteiger partial charge in [-0.3, -0.25) is 0 Å². The van der Waals surface area contributed by atoms with E-state index in [-0.39, 0.29) is 0 Å². The molecule has 0 radical (unpaired) electrons. The van der Waals surface area contributed by atoms with Gasteiger partial charge in [-0.15, -0.1) is 0 Å². The summed E-state index contributed by atoms with van der Waals surface area (Å²) in [6.45, 7) is 0. The minimum atomic E-state index is 0.413. The zero-order valence-electron chi connectivity index (χ0n) is 8.64. The van der Waals surface area contributed by atoms with Gasteiger partial charge in [0.15, 0.2) is 0 Å². The molecular weight excluding hydrogens is 327 g/mol. The first-order valence-electron chi connectivity index (χ1n) is 4.98. The molecule has 2 aromatic carbocycles. The van der Waals surface area contributed by atoms with Crippen molar-refractivity contribution in [1.29, 1.82) is 0 Å². The average molecular weight is 338 g/mol. The van der Waals surface area contributed by atoms with Gasteiger partial charge in [0.25, 0.3) is 0 Å². The maximum absolute atomic E-state index is 3.44. The van der Waals surface area contributed by atoms with Gasteiger partial charge in [0.05, 0.1) is 0 Å². The predicted molar refractivity (Wildman–Crippen MR) is 75.0 cm³/mol. The van der Waals surface area contributed by atoms with Crippen LogP contribution < -0.4 is 4.46 Å². The van der Waals surface area contributed by atoms with Gasteiger partial charge in [-0.05, 0) is 0 Å². The molecular formula is C14H11BrSe. The summed E-state index contributed by atoms with van der Waals surface area (Å²) in [7, 11) is 0. The van der Waals surface area contributed by atoms with Crippen LogP contribution in [0.4, 0.5) is 0 Å². The molecule has 0 unspecified atom stereocenters. The molecule has 16 heavy (non-hydrogen) atoms. The van der Waals surface area contributed by atoms with E-state index in [1.165, 1.54) is 10.0 Å². The van der Waals surface area contributed by atoms with Crippen LogP contribution >= 0.6 is 15.9 Å². The molecule has 0 nitrogen and oxygen atoms in total. The number of hydrogen-bond acceptors (Lipinski definition) is 0. The Morgan fingerprint density at radius 1 is 0.875 bits per heavy atom. The van der Waals surface area contributed by atoms with Crippen molar-refractivity contribution in [1.82, 2.24) is 0 Å². The second-order valence-corrected chi connectivity index (χ2v) is 6.26. The molecule has 80 valence electrons. The predicted octanol–water partition coefficient (Wildman–Crippen LogP) is 3.45. The molecule has 0 aliphatic carbocycles. The third-order valence-electron chi connectivity index (χ3n) is 2.08. The van der Waals surface area contributed by atoms with Crippen LogP contribution in [0.5, 0.6) is 0 Å². The van der Waals surface area contributed by atoms with Gasteiger partial charge in [0, 0.05) is 0 Å². The van der Waals surface area contributed by atoms with Gasteiger partial charge in [0.1, 0.15) is 0 Å². The van der Waals surface area contributed by atoms with E-state index in [9.17, 15) is 0 Å². The van der Waals surface area contributed by atoms with E-state index < -0.39 is 0 Å². The Kier molecular flexibility index (Phi) is 4.41. The molecule has 0 saturated heterocycles. The van der Waals surface area contributed by atoms with E-state index >= 15 is 0 Å². The Hall–Kier alpha value is -0.821. The Morgan fingerprint density at radius 3 is 2.25 bits per heavy atom. The van der Waals surface area contributed by atoms with E-state index in [1.54, 1.807) is 0 Å². The number of halogens is 1. The molecule has 0 aromatic heterocycles. The van der Waals surface area contributed by atoms with Crippen LogP contribution in [0, 0.1) is 0 Å². The van der Waals surface area contributed by atoms with Crippen molar-refractivity contribution in [2.24, 2.45) is 0 Å². The van der Waals surface area contributed by atoms with Gasteiger partial charge < -0.3 is 0 Å². The molecule has 0 N–H and O–H groups in total. The molecule has 2 heteroatoms. The first-order valence-corrected chi connectivity index (χ1v) is 7.62. The van der Waals surface area contributed by atoms with Gasteiger partial charge in [-0.25, -0.2) is 0 Å². The summed E-state index contributed by atoms with van der Waals surface area (Å²) >= 11 is 3.85. The zero-order chi connectivity index (χ0) is 11.2. The minimum absolute atomic E-state index is 0.413. The van der Waals surface area contributed by atoms with E-state index in [0.29, 0.717) is 15.0 Å². The molecule has 0 saturated carbocycles. The van der Waals surface area contributed by atoms with Crippen molar-refractivity contribution in [2.75, 3.05) is 0 Å². The Bertz CT molecular complexity index is 460. The van der Waals surface area contributed by atoms with Crippen LogP contribution in [0.25, 0.3) is 6.08 Å². The summed E-state index contributed by atoms with van der Waals surface area (Å²) in [5, 5.41) is 0. The Morgan fingerprint density at radius 2 is 1.56 bits per heavy atom. The Labute approximate surface area is 111 Å². The monoisotopic (exact) mass is 338 g/mol. The molecule has 0 atom stereocenters. The number of rotatable bonds is 3. The number of benzene rings is 2. The van der Waals surface area contributed by atoms with E-state index in [1.807, 2.05) is 6.07 Å². The maximum atomic E-state index is 3.44. The third kappa shape index (κ3) is 3.64. The fraction of sp³-hybridized carbons (Fsp3) is 0. The molecule has 2 rings (SSSR count). The van der Waals surface area contributed by atoms with Crippen LogP contribution in [-0.2, 0) is 0 Å². The average Bonchev–Trinajstić information content (AvgIpc) is 2.33. The van der Waals surface area contributed by atoms with Gasteiger partial charge in [-0.1, -0.05) is 0 Å². The fourth-order valence-corrected chi connectivity index (χ4v) is 2.95. The molecule has 0 aliphatic rings. The molecule has 0 bridgehead atoms. The summed E-state index contributed by atoms with van der Waals surface area (Å²) in [5.41, 5.74) is 1.27. The first kappa shape index (κ1) is 11.7. The van der Waals surface area contributed by atoms with Crippen molar-refractivity contribution in [3.8, 4) is 0 Å². The van der Waals surface area contributed by atoms with Crippen molar-refractivity contribution >= 4 is 41.4 Å². The summed E-state index contributed by atoms with van der Waals surface area (Å²) in [6, 6.07) is 18.9. The summed E-state index contributed by atoms with van der Waals surface area (Å²) < 4.78 is 2.53. The molecule has 0 spiro atoms. The topological polar surface area (TPSA) is 0 Å². The zero-order valence-corrected chi connectivity index (χ0v) is 11.9. The number of hydrogen-bond donors (Lipinski definition) is 0. The van der Waals surface area contributed by atoms with Crippen molar-refractivity contribution in [2.45, 2.75) is 0 Å². The summed E-state index contributed by atoms with van der Waals surface area (Å²) in [5.74, 6) is 0. The van der Waals surface area contributed by atoms with Crippen LogP contribution in [0.3, 0.4) is 0 Å². The normalized spacial score (nSPS) is 10.8. The quantitative estimate of drug-likeness (QED) is 0.752. The van der Waals surface area contributed by atoms with E-state index in [0.717, 1.165) is 4.47 Å². The van der Waals surface area contributed by atoms with Crippen LogP contribution in [-0.4, -0.2) is 15.0 Å². The van der Waals surface area contributed by atoms with Crippen molar-refractivity contribution in [3.05, 3.63) is 69.6 Å². The van der Waals surface area contributed by atoms with Gasteiger partial charge >= 0.3 is 111 Å². The third-order valence-corrected chi connectivity index (χ3v) is 4.32. The molecule has 0 fully saturated rings. The standard InChI is InChI=1S/C14H11BrSe/c15-13-6-8-14(9-7-13)16-11-10-12-4-2-1-3-5-12/h1-11H/b11-10+. The molecule has 2 aromatic rings. The summed E-state index contributed by atoms with van der Waals surface area (Å²) in [6.07, 6.45) is 2.18. The van der Waals surface area contributed by atoms with Gasteiger partial charge in [-0.2, -0.15) is 0 Å². The van der Waals surface area contributed by atoms with Crippen molar-refractivity contribution < 1.29 is 0 Å². The second kappa shape index (κ2) is 6.05. The SMILES string of the molecule is Brc1ccc([Se]/C=C/c2ccccc2)cc1. The van der Waals surface area contributed by atoms with Crippen LogP contribution in [0.2, 0.25) is 0 Å². The first-order chi connectivity index (χ1) is 7.84. The second-order valence-electron chi connectivity index (χ2n) is 3.29. The molecule has 0 aliphatic heterocycles. The van der Waals surface area contributed by atoms with E-state index in [2.05, 4.69) is 75.5 Å². The van der Waals surface area contributed by atoms with Gasteiger partial charge in [0.2, 0.25) is 0 Å². The molecule has 0 heterocycles. The summed E-state index contributed by atoms with van der Waals surface area (Å²) in [4.78, 5) is 2.26. The fourth-order valence-electron chi connectivity index (χ4n) is 1.27.